The molecule has 1 fully saturated rings. The average Bonchev–Trinajstić information content (AvgIpc) is 2.39. The number of thioether (sulfide) groups is 1. The first-order chi connectivity index (χ1) is 9.39. The molecule has 0 aromatic heterocycles. The van der Waals surface area contributed by atoms with Crippen molar-refractivity contribution in [3.63, 3.8) is 0 Å². The first-order valence-electron chi connectivity index (χ1n) is 6.07. The molecular formula is C12H15F2NO3S2. The summed E-state index contributed by atoms with van der Waals surface area (Å²) < 4.78 is 53.6. The monoisotopic (exact) mass is 323 g/mol. The van der Waals surface area contributed by atoms with E-state index in [1.807, 2.05) is 0 Å². The molecule has 1 aliphatic heterocycles. The van der Waals surface area contributed by atoms with E-state index in [2.05, 4.69) is 0 Å². The van der Waals surface area contributed by atoms with Crippen LogP contribution in [-0.4, -0.2) is 41.9 Å². The van der Waals surface area contributed by atoms with Crippen LogP contribution in [0, 0.1) is 11.6 Å². The fourth-order valence-electron chi connectivity index (χ4n) is 2.12. The van der Waals surface area contributed by atoms with Crippen molar-refractivity contribution in [2.45, 2.75) is 24.5 Å². The van der Waals surface area contributed by atoms with E-state index in [0.29, 0.717) is 18.1 Å². The molecule has 1 aromatic carbocycles. The molecule has 1 aliphatic rings. The Morgan fingerprint density at radius 1 is 1.45 bits per heavy atom. The van der Waals surface area contributed by atoms with Gasteiger partial charge in [0.15, 0.2) is 5.82 Å². The van der Waals surface area contributed by atoms with Crippen molar-refractivity contribution >= 4 is 21.8 Å². The maximum absolute atomic E-state index is 14.1. The van der Waals surface area contributed by atoms with Crippen molar-refractivity contribution in [2.24, 2.45) is 0 Å². The molecule has 8 heteroatoms. The molecule has 0 saturated carbocycles. The average molecular weight is 323 g/mol. The summed E-state index contributed by atoms with van der Waals surface area (Å²) >= 11 is 1.63. The molecule has 1 heterocycles. The van der Waals surface area contributed by atoms with Gasteiger partial charge in [0.1, 0.15) is 10.7 Å². The third-order valence-corrected chi connectivity index (χ3v) is 6.42. The molecule has 0 aliphatic carbocycles. The number of aliphatic hydroxyl groups is 1. The second-order valence-electron chi connectivity index (χ2n) is 4.54. The molecule has 2 rings (SSSR count). The van der Waals surface area contributed by atoms with Crippen LogP contribution < -0.4 is 0 Å². The van der Waals surface area contributed by atoms with Crippen molar-refractivity contribution in [2.75, 3.05) is 18.1 Å². The van der Waals surface area contributed by atoms with Crippen molar-refractivity contribution in [1.82, 2.24) is 4.31 Å². The van der Waals surface area contributed by atoms with Gasteiger partial charge < -0.3 is 5.11 Å². The Morgan fingerprint density at radius 3 is 2.75 bits per heavy atom. The van der Waals surface area contributed by atoms with Crippen LogP contribution in [-0.2, 0) is 16.6 Å². The first-order valence-corrected chi connectivity index (χ1v) is 8.66. The summed E-state index contributed by atoms with van der Waals surface area (Å²) in [5.74, 6) is -0.891. The molecule has 0 bridgehead atoms. The zero-order valence-electron chi connectivity index (χ0n) is 10.8. The number of nitrogens with zero attached hydrogens (tertiary/aromatic N) is 1. The summed E-state index contributed by atoms with van der Waals surface area (Å²) in [5, 5.41) is 8.96. The van der Waals surface area contributed by atoms with E-state index < -0.39 is 38.7 Å². The number of hydrogen-bond acceptors (Lipinski definition) is 4. The zero-order valence-corrected chi connectivity index (χ0v) is 12.5. The van der Waals surface area contributed by atoms with Crippen LogP contribution in [0.4, 0.5) is 8.78 Å². The summed E-state index contributed by atoms with van der Waals surface area (Å²) in [6.07, 6.45) is 0. The summed E-state index contributed by atoms with van der Waals surface area (Å²) in [5.41, 5.74) is -0.620. The van der Waals surface area contributed by atoms with Gasteiger partial charge >= 0.3 is 0 Å². The molecule has 1 saturated heterocycles. The van der Waals surface area contributed by atoms with Crippen molar-refractivity contribution in [3.8, 4) is 0 Å². The minimum Gasteiger partial charge on any atom is -0.391 e. The van der Waals surface area contributed by atoms with E-state index in [4.69, 9.17) is 5.11 Å². The normalized spacial score (nSPS) is 21.1. The van der Waals surface area contributed by atoms with Crippen molar-refractivity contribution in [1.29, 1.82) is 0 Å². The van der Waals surface area contributed by atoms with Crippen LogP contribution in [0.5, 0.6) is 0 Å². The summed E-state index contributed by atoms with van der Waals surface area (Å²) in [6.45, 7) is 1.16. The molecule has 0 spiro atoms. The highest BCUT2D eigenvalue weighted by molar-refractivity contribution is 7.99. The molecule has 20 heavy (non-hydrogen) atoms. The van der Waals surface area contributed by atoms with Gasteiger partial charge in [0.2, 0.25) is 10.0 Å². The Morgan fingerprint density at radius 2 is 2.15 bits per heavy atom. The lowest BCUT2D eigenvalue weighted by molar-refractivity contribution is 0.267. The largest absolute Gasteiger partial charge is 0.391 e. The zero-order chi connectivity index (χ0) is 14.9. The third kappa shape index (κ3) is 2.69. The summed E-state index contributed by atoms with van der Waals surface area (Å²) in [7, 11) is -4.02. The molecule has 1 N–H and O–H groups in total. The van der Waals surface area contributed by atoms with Gasteiger partial charge in [0, 0.05) is 24.1 Å². The maximum atomic E-state index is 14.1. The summed E-state index contributed by atoms with van der Waals surface area (Å²) in [6, 6.07) is 1.53. The van der Waals surface area contributed by atoms with Crippen LogP contribution in [0.25, 0.3) is 0 Å². The molecule has 1 unspecified atom stereocenters. The van der Waals surface area contributed by atoms with E-state index in [9.17, 15) is 17.2 Å². The van der Waals surface area contributed by atoms with Gasteiger partial charge in [0.05, 0.1) is 12.2 Å². The quantitative estimate of drug-likeness (QED) is 0.918. The van der Waals surface area contributed by atoms with Crippen LogP contribution in [0.1, 0.15) is 12.5 Å². The Labute approximate surface area is 120 Å². The summed E-state index contributed by atoms with van der Waals surface area (Å²) in [4.78, 5) is -0.582. The van der Waals surface area contributed by atoms with Gasteiger partial charge in [-0.3, -0.25) is 0 Å². The second-order valence-corrected chi connectivity index (χ2v) is 7.54. The van der Waals surface area contributed by atoms with E-state index in [-0.39, 0.29) is 6.04 Å². The SMILES string of the molecule is CC1CSCCN1S(=O)(=O)c1ccc(F)c(CO)c1F. The second kappa shape index (κ2) is 5.97. The number of benzene rings is 1. The lowest BCUT2D eigenvalue weighted by Gasteiger charge is -2.32. The fourth-order valence-corrected chi connectivity index (χ4v) is 5.06. The minimum absolute atomic E-state index is 0.249. The molecule has 1 aromatic rings. The Bertz CT molecular complexity index is 607. The van der Waals surface area contributed by atoms with Gasteiger partial charge in [-0.2, -0.15) is 16.1 Å². The lowest BCUT2D eigenvalue weighted by Crippen LogP contribution is -2.44. The Balaban J connectivity index is 2.49. The fraction of sp³-hybridized carbons (Fsp3) is 0.500. The predicted octanol–water partition coefficient (Wildman–Crippen LogP) is 1.58. The van der Waals surface area contributed by atoms with E-state index in [0.717, 1.165) is 12.1 Å². The highest BCUT2D eigenvalue weighted by Gasteiger charge is 2.34. The standard InChI is InChI=1S/C12H15F2NO3S2/c1-8-7-19-5-4-15(8)20(17,18)11-3-2-10(13)9(6-16)12(11)14/h2-3,8,16H,4-7H2,1H3. The van der Waals surface area contributed by atoms with Gasteiger partial charge in [-0.05, 0) is 19.1 Å². The van der Waals surface area contributed by atoms with Crippen LogP contribution in [0.3, 0.4) is 0 Å². The van der Waals surface area contributed by atoms with Gasteiger partial charge in [0.25, 0.3) is 0 Å². The topological polar surface area (TPSA) is 57.6 Å². The first kappa shape index (κ1) is 15.7. The highest BCUT2D eigenvalue weighted by atomic mass is 32.2. The van der Waals surface area contributed by atoms with E-state index in [1.54, 1.807) is 18.7 Å². The minimum atomic E-state index is -4.02. The number of hydrogen-bond donors (Lipinski definition) is 1. The Kier molecular flexibility index (Phi) is 4.68. The molecule has 0 radical (unpaired) electrons. The van der Waals surface area contributed by atoms with Crippen LogP contribution in [0.15, 0.2) is 17.0 Å². The van der Waals surface area contributed by atoms with Gasteiger partial charge in [-0.15, -0.1) is 0 Å². The number of aliphatic hydroxyl groups excluding tert-OH is 1. The lowest BCUT2D eigenvalue weighted by atomic mass is 10.2. The highest BCUT2D eigenvalue weighted by Crippen LogP contribution is 2.28. The molecule has 4 nitrogen and oxygen atoms in total. The number of sulfonamides is 1. The van der Waals surface area contributed by atoms with E-state index in [1.165, 1.54) is 4.31 Å². The van der Waals surface area contributed by atoms with Crippen molar-refractivity contribution < 1.29 is 22.3 Å². The van der Waals surface area contributed by atoms with Crippen LogP contribution >= 0.6 is 11.8 Å². The van der Waals surface area contributed by atoms with Crippen LogP contribution in [0.2, 0.25) is 0 Å². The third-order valence-electron chi connectivity index (χ3n) is 3.20. The Hall–Kier alpha value is -0.700. The number of halogens is 2. The predicted molar refractivity (Wildman–Crippen MR) is 73.0 cm³/mol. The molecule has 1 atom stereocenters. The van der Waals surface area contributed by atoms with Crippen molar-refractivity contribution in [3.05, 3.63) is 29.3 Å². The molecule has 112 valence electrons. The smallest absolute Gasteiger partial charge is 0.246 e. The molecular weight excluding hydrogens is 308 g/mol. The van der Waals surface area contributed by atoms with Gasteiger partial charge in [-0.25, -0.2) is 17.2 Å². The number of rotatable bonds is 3. The van der Waals surface area contributed by atoms with E-state index >= 15 is 0 Å². The maximum Gasteiger partial charge on any atom is 0.246 e. The molecule has 0 amide bonds. The van der Waals surface area contributed by atoms with Gasteiger partial charge in [-0.1, -0.05) is 0 Å².